The van der Waals surface area contributed by atoms with Crippen LogP contribution in [-0.4, -0.2) is 0 Å². The van der Waals surface area contributed by atoms with Crippen LogP contribution >= 0.6 is 0 Å². The summed E-state index contributed by atoms with van der Waals surface area (Å²) < 4.78 is 36.0. The van der Waals surface area contributed by atoms with Gasteiger partial charge in [-0.25, -0.2) is 8.78 Å². The first-order valence-electron chi connectivity index (χ1n) is 9.15. The van der Waals surface area contributed by atoms with Gasteiger partial charge in [0.15, 0.2) is 0 Å². The molecular weight excluding hydrogens is 356 g/mol. The van der Waals surface area contributed by atoms with Crippen LogP contribution in [0.5, 0.6) is 0 Å². The lowest BCUT2D eigenvalue weighted by Crippen LogP contribution is -2.32. The summed E-state index contributed by atoms with van der Waals surface area (Å²) in [5, 5.41) is 2.41. The number of halogens is 2. The van der Waals surface area contributed by atoms with Gasteiger partial charge >= 0.3 is 0 Å². The molecule has 0 aliphatic rings. The summed E-state index contributed by atoms with van der Waals surface area (Å²) >= 11 is 0. The minimum atomic E-state index is -0.326. The predicted molar refractivity (Wildman–Crippen MR) is 107 cm³/mol. The minimum Gasteiger partial charge on any atom is -0.455 e. The van der Waals surface area contributed by atoms with Crippen molar-refractivity contribution in [3.05, 3.63) is 77.4 Å². The third-order valence-corrected chi connectivity index (χ3v) is 5.66. The summed E-state index contributed by atoms with van der Waals surface area (Å²) in [6.07, 6.45) is 0. The van der Waals surface area contributed by atoms with Crippen molar-refractivity contribution in [2.45, 2.75) is 13.8 Å². The highest BCUT2D eigenvalue weighted by atomic mass is 19.1. The van der Waals surface area contributed by atoms with E-state index in [4.69, 9.17) is 4.42 Å². The maximum absolute atomic E-state index is 14.2. The Morgan fingerprint density at radius 2 is 1.64 bits per heavy atom. The molecule has 2 heterocycles. The second-order valence-electron chi connectivity index (χ2n) is 7.26. The van der Waals surface area contributed by atoms with Crippen molar-refractivity contribution in [1.82, 2.24) is 0 Å². The van der Waals surface area contributed by atoms with Crippen LogP contribution in [0, 0.1) is 25.5 Å². The zero-order chi connectivity index (χ0) is 19.6. The molecule has 0 saturated carbocycles. The molecule has 0 atom stereocenters. The Bertz CT molecular complexity index is 1420. The van der Waals surface area contributed by atoms with E-state index in [-0.39, 0.29) is 11.6 Å². The Morgan fingerprint density at radius 3 is 2.46 bits per heavy atom. The van der Waals surface area contributed by atoms with Crippen LogP contribution < -0.4 is 4.57 Å². The Balaban J connectivity index is 1.93. The molecule has 0 N–H and O–H groups in total. The van der Waals surface area contributed by atoms with Gasteiger partial charge in [0.25, 0.3) is 0 Å². The third-order valence-electron chi connectivity index (χ3n) is 5.66. The first-order chi connectivity index (χ1) is 13.5. The zero-order valence-corrected chi connectivity index (χ0v) is 15.8. The maximum Gasteiger partial charge on any atom is 0.216 e. The second-order valence-corrected chi connectivity index (χ2v) is 7.26. The van der Waals surface area contributed by atoms with Gasteiger partial charge in [0, 0.05) is 29.0 Å². The number of fused-ring (bicyclic) bond motifs is 4. The number of hydrogen-bond acceptors (Lipinski definition) is 1. The van der Waals surface area contributed by atoms with Gasteiger partial charge < -0.3 is 4.42 Å². The van der Waals surface area contributed by atoms with Gasteiger partial charge in [0.2, 0.25) is 11.2 Å². The summed E-state index contributed by atoms with van der Waals surface area (Å²) in [5.74, 6) is -0.571. The number of rotatable bonds is 1. The lowest BCUT2D eigenvalue weighted by atomic mass is 9.96. The van der Waals surface area contributed by atoms with Crippen LogP contribution in [-0.2, 0) is 7.05 Å². The summed E-state index contributed by atoms with van der Waals surface area (Å²) in [5.41, 5.74) is 6.11. The molecule has 138 valence electrons. The zero-order valence-electron chi connectivity index (χ0n) is 15.8. The molecule has 5 aromatic rings. The molecule has 0 aliphatic heterocycles. The van der Waals surface area contributed by atoms with E-state index < -0.39 is 0 Å². The average Bonchev–Trinajstić information content (AvgIpc) is 3.01. The first kappa shape index (κ1) is 16.9. The van der Waals surface area contributed by atoms with E-state index in [9.17, 15) is 8.78 Å². The van der Waals surface area contributed by atoms with Crippen molar-refractivity contribution >= 4 is 32.8 Å². The first-order valence-corrected chi connectivity index (χ1v) is 9.15. The monoisotopic (exact) mass is 374 g/mol. The van der Waals surface area contributed by atoms with E-state index >= 15 is 0 Å². The molecule has 0 aliphatic carbocycles. The summed E-state index contributed by atoms with van der Waals surface area (Å²) in [4.78, 5) is 0. The van der Waals surface area contributed by atoms with Crippen LogP contribution in [0.1, 0.15) is 11.1 Å². The van der Waals surface area contributed by atoms with Crippen molar-refractivity contribution < 1.29 is 17.8 Å². The summed E-state index contributed by atoms with van der Waals surface area (Å²) in [6.45, 7) is 4.11. The molecule has 4 heteroatoms. The highest BCUT2D eigenvalue weighted by molar-refractivity contribution is 6.10. The molecule has 0 spiro atoms. The van der Waals surface area contributed by atoms with Crippen LogP contribution in [0.2, 0.25) is 0 Å². The minimum absolute atomic E-state index is 0.245. The number of nitrogens with zero attached hydrogens (tertiary/aromatic N) is 1. The van der Waals surface area contributed by atoms with Gasteiger partial charge in [-0.05, 0) is 55.3 Å². The van der Waals surface area contributed by atoms with Gasteiger partial charge in [-0.15, -0.1) is 0 Å². The van der Waals surface area contributed by atoms with Gasteiger partial charge in [0.05, 0.1) is 10.9 Å². The fraction of sp³-hybridized carbons (Fsp3) is 0.125. The van der Waals surface area contributed by atoms with Crippen LogP contribution in [0.3, 0.4) is 0 Å². The molecule has 0 unspecified atom stereocenters. The fourth-order valence-electron chi connectivity index (χ4n) is 4.06. The summed E-state index contributed by atoms with van der Waals surface area (Å²) in [6, 6.07) is 15.5. The lowest BCUT2D eigenvalue weighted by molar-refractivity contribution is -0.633. The highest BCUT2D eigenvalue weighted by Gasteiger charge is 2.24. The maximum atomic E-state index is 14.2. The molecule has 2 aromatic heterocycles. The quantitative estimate of drug-likeness (QED) is 0.323. The van der Waals surface area contributed by atoms with E-state index in [0.29, 0.717) is 11.0 Å². The Labute approximate surface area is 160 Å². The highest BCUT2D eigenvalue weighted by Crippen LogP contribution is 2.39. The number of aryl methyl sites for hydroxylation is 2. The topological polar surface area (TPSA) is 17.0 Å². The van der Waals surface area contributed by atoms with E-state index in [1.165, 1.54) is 18.2 Å². The van der Waals surface area contributed by atoms with Crippen molar-refractivity contribution in [3.8, 4) is 11.3 Å². The summed E-state index contributed by atoms with van der Waals surface area (Å²) in [7, 11) is 1.92. The van der Waals surface area contributed by atoms with E-state index in [0.717, 1.165) is 44.3 Å². The van der Waals surface area contributed by atoms with E-state index in [1.54, 1.807) is 18.2 Å². The molecular formula is C24H18F2NO+. The molecule has 3 aromatic carbocycles. The Hall–Kier alpha value is -3.27. The second kappa shape index (κ2) is 5.86. The van der Waals surface area contributed by atoms with Crippen molar-refractivity contribution in [1.29, 1.82) is 0 Å². The molecule has 0 amide bonds. The number of hydrogen-bond donors (Lipinski definition) is 0. The molecule has 0 radical (unpaired) electrons. The van der Waals surface area contributed by atoms with Crippen molar-refractivity contribution in [3.63, 3.8) is 0 Å². The number of furan rings is 1. The normalized spacial score (nSPS) is 11.8. The molecule has 0 fully saturated rings. The lowest BCUT2D eigenvalue weighted by Gasteiger charge is -2.10. The number of pyridine rings is 1. The predicted octanol–water partition coefficient (Wildman–Crippen LogP) is 6.13. The number of benzene rings is 3. The van der Waals surface area contributed by atoms with Crippen molar-refractivity contribution in [2.75, 3.05) is 0 Å². The fourth-order valence-corrected chi connectivity index (χ4v) is 4.06. The van der Waals surface area contributed by atoms with E-state index in [1.807, 2.05) is 30.7 Å². The molecule has 0 saturated heterocycles. The number of aromatic nitrogens is 1. The van der Waals surface area contributed by atoms with Crippen molar-refractivity contribution in [2.24, 2.45) is 7.05 Å². The van der Waals surface area contributed by atoms with Crippen LogP contribution in [0.25, 0.3) is 44.1 Å². The SMILES string of the molecule is Cc1cc2c(oc3cc(F)ccc32)c(-c2ccc3c(F)cccc3[n+]2C)c1C. The van der Waals surface area contributed by atoms with Gasteiger partial charge in [-0.1, -0.05) is 6.07 Å². The van der Waals surface area contributed by atoms with Gasteiger partial charge in [0.1, 0.15) is 29.8 Å². The standard InChI is InChI=1S/C24H18F2NO/c1-13-11-18-16-8-7-15(25)12-22(16)28-24(18)23(14(13)2)21-10-9-17-19(26)5-4-6-20(17)27(21)3/h4-12H,1-3H3/q+1. The molecule has 28 heavy (non-hydrogen) atoms. The van der Waals surface area contributed by atoms with E-state index in [2.05, 4.69) is 13.0 Å². The largest absolute Gasteiger partial charge is 0.455 e. The molecule has 2 nitrogen and oxygen atoms in total. The van der Waals surface area contributed by atoms with Crippen LogP contribution in [0.4, 0.5) is 8.78 Å². The van der Waals surface area contributed by atoms with Gasteiger partial charge in [-0.3, -0.25) is 0 Å². The Morgan fingerprint density at radius 1 is 0.857 bits per heavy atom. The molecule has 5 rings (SSSR count). The van der Waals surface area contributed by atoms with Crippen LogP contribution in [0.15, 0.2) is 59.0 Å². The Kier molecular flexibility index (Phi) is 3.53. The van der Waals surface area contributed by atoms with Gasteiger partial charge in [-0.2, -0.15) is 4.57 Å². The average molecular weight is 374 g/mol. The smallest absolute Gasteiger partial charge is 0.216 e. The molecule has 0 bridgehead atoms. The third kappa shape index (κ3) is 2.27.